The average Bonchev–Trinajstić information content (AvgIpc) is 3.20. The molecular weight excluding hydrogens is 310 g/mol. The monoisotopic (exact) mass is 331 g/mol. The summed E-state index contributed by atoms with van der Waals surface area (Å²) in [7, 11) is 1.40. The third-order valence-electron chi connectivity index (χ3n) is 4.36. The van der Waals surface area contributed by atoms with Crippen LogP contribution in [0.5, 0.6) is 0 Å². The van der Waals surface area contributed by atoms with Crippen LogP contribution >= 0.6 is 0 Å². The number of nitrogens with zero attached hydrogens (tertiary/aromatic N) is 1. The molecule has 0 bridgehead atoms. The van der Waals surface area contributed by atoms with Gasteiger partial charge in [-0.1, -0.05) is 18.2 Å². The smallest absolute Gasteiger partial charge is 0.374 e. The molecule has 0 N–H and O–H groups in total. The highest BCUT2D eigenvalue weighted by molar-refractivity contribution is 5.96. The number of para-hydroxylation sites is 1. The maximum absolute atomic E-state index is 12.3. The predicted octanol–water partition coefficient (Wildman–Crippen LogP) is 2.75. The second-order valence-electron chi connectivity index (χ2n) is 5.78. The van der Waals surface area contributed by atoms with Gasteiger partial charge in [-0.15, -0.1) is 0 Å². The average molecular weight is 331 g/mol. The first-order valence-electron chi connectivity index (χ1n) is 8.15. The minimum Gasteiger partial charge on any atom is -0.468 e. The molecule has 1 fully saturated rings. The third-order valence-corrected chi connectivity index (χ3v) is 4.36. The van der Waals surface area contributed by atoms with Crippen LogP contribution < -0.4 is 0 Å². The van der Waals surface area contributed by atoms with Crippen molar-refractivity contribution >= 4 is 22.9 Å². The lowest BCUT2D eigenvalue weighted by Crippen LogP contribution is -2.36. The Kier molecular flexibility index (Phi) is 4.85. The largest absolute Gasteiger partial charge is 0.468 e. The quantitative estimate of drug-likeness (QED) is 0.785. The standard InChI is InChI=1S/C18H21NO5/c1-3-23-18(21)16-13(12-7-4-5-9-15(12)24-16)11-19-10-6-8-14(19)17(20)22-2/h4-5,7,9,14H,3,6,8,10-11H2,1-2H3. The van der Waals surface area contributed by atoms with Gasteiger partial charge in [-0.3, -0.25) is 9.69 Å². The summed E-state index contributed by atoms with van der Waals surface area (Å²) in [6.45, 7) is 3.27. The number of methoxy groups -OCH3 is 1. The van der Waals surface area contributed by atoms with Gasteiger partial charge in [0, 0.05) is 17.5 Å². The number of esters is 2. The number of hydrogen-bond acceptors (Lipinski definition) is 6. The molecule has 1 aliphatic rings. The highest BCUT2D eigenvalue weighted by atomic mass is 16.5. The lowest BCUT2D eigenvalue weighted by atomic mass is 10.1. The van der Waals surface area contributed by atoms with E-state index in [2.05, 4.69) is 0 Å². The molecule has 2 aromatic rings. The van der Waals surface area contributed by atoms with Gasteiger partial charge in [0.2, 0.25) is 5.76 Å². The third kappa shape index (κ3) is 3.01. The maximum atomic E-state index is 12.3. The molecule has 1 unspecified atom stereocenters. The van der Waals surface area contributed by atoms with Crippen LogP contribution in [-0.4, -0.2) is 43.1 Å². The molecule has 0 amide bonds. The SMILES string of the molecule is CCOC(=O)c1oc2ccccc2c1CN1CCCC1C(=O)OC. The van der Waals surface area contributed by atoms with Crippen LogP contribution in [0.25, 0.3) is 11.0 Å². The number of likely N-dealkylation sites (tertiary alicyclic amines) is 1. The fraction of sp³-hybridized carbons (Fsp3) is 0.444. The van der Waals surface area contributed by atoms with Gasteiger partial charge >= 0.3 is 11.9 Å². The van der Waals surface area contributed by atoms with E-state index < -0.39 is 5.97 Å². The normalized spacial score (nSPS) is 18.0. The number of rotatable bonds is 5. The van der Waals surface area contributed by atoms with Gasteiger partial charge < -0.3 is 13.9 Å². The summed E-state index contributed by atoms with van der Waals surface area (Å²) in [6.07, 6.45) is 1.68. The van der Waals surface area contributed by atoms with E-state index in [0.29, 0.717) is 12.1 Å². The molecule has 3 rings (SSSR count). The van der Waals surface area contributed by atoms with Crippen LogP contribution in [0.2, 0.25) is 0 Å². The van der Waals surface area contributed by atoms with E-state index in [4.69, 9.17) is 13.9 Å². The lowest BCUT2D eigenvalue weighted by Gasteiger charge is -2.22. The van der Waals surface area contributed by atoms with Crippen LogP contribution in [0.3, 0.4) is 0 Å². The molecular formula is C18H21NO5. The second kappa shape index (κ2) is 7.05. The first-order chi connectivity index (χ1) is 11.7. The van der Waals surface area contributed by atoms with E-state index >= 15 is 0 Å². The van der Waals surface area contributed by atoms with E-state index in [9.17, 15) is 9.59 Å². The zero-order chi connectivity index (χ0) is 17.1. The van der Waals surface area contributed by atoms with Crippen molar-refractivity contribution in [3.63, 3.8) is 0 Å². The van der Waals surface area contributed by atoms with E-state index in [-0.39, 0.29) is 24.4 Å². The van der Waals surface area contributed by atoms with Gasteiger partial charge in [-0.05, 0) is 32.4 Å². The zero-order valence-electron chi connectivity index (χ0n) is 13.9. The Hall–Kier alpha value is -2.34. The Morgan fingerprint density at radius 2 is 2.12 bits per heavy atom. The highest BCUT2D eigenvalue weighted by Gasteiger charge is 2.33. The number of hydrogen-bond donors (Lipinski definition) is 0. The first kappa shape index (κ1) is 16.5. The molecule has 2 heterocycles. The number of furan rings is 1. The number of benzene rings is 1. The van der Waals surface area contributed by atoms with Crippen LogP contribution in [0.4, 0.5) is 0 Å². The van der Waals surface area contributed by atoms with Gasteiger partial charge in [0.25, 0.3) is 0 Å². The summed E-state index contributed by atoms with van der Waals surface area (Å²) in [5, 5.41) is 0.871. The Morgan fingerprint density at radius 3 is 2.88 bits per heavy atom. The van der Waals surface area contributed by atoms with Crippen molar-refractivity contribution in [2.75, 3.05) is 20.3 Å². The van der Waals surface area contributed by atoms with Crippen molar-refractivity contribution in [2.45, 2.75) is 32.4 Å². The van der Waals surface area contributed by atoms with Crippen LogP contribution in [0.1, 0.15) is 35.9 Å². The zero-order valence-corrected chi connectivity index (χ0v) is 13.9. The van der Waals surface area contributed by atoms with Crippen molar-refractivity contribution in [3.8, 4) is 0 Å². The number of carbonyl (C=O) groups excluding carboxylic acids is 2. The van der Waals surface area contributed by atoms with Crippen molar-refractivity contribution < 1.29 is 23.5 Å². The topological polar surface area (TPSA) is 69.0 Å². The van der Waals surface area contributed by atoms with Crippen LogP contribution in [0, 0.1) is 0 Å². The minimum atomic E-state index is -0.475. The fourth-order valence-electron chi connectivity index (χ4n) is 3.24. The predicted molar refractivity (Wildman–Crippen MR) is 87.6 cm³/mol. The molecule has 1 atom stereocenters. The molecule has 1 aromatic heterocycles. The van der Waals surface area contributed by atoms with E-state index in [0.717, 1.165) is 30.3 Å². The molecule has 24 heavy (non-hydrogen) atoms. The van der Waals surface area contributed by atoms with E-state index in [1.54, 1.807) is 6.92 Å². The number of ether oxygens (including phenoxy) is 2. The Labute approximate surface area is 140 Å². The maximum Gasteiger partial charge on any atom is 0.374 e. The molecule has 0 aliphatic carbocycles. The second-order valence-corrected chi connectivity index (χ2v) is 5.78. The van der Waals surface area contributed by atoms with Crippen molar-refractivity contribution in [2.24, 2.45) is 0 Å². The number of carbonyl (C=O) groups is 2. The van der Waals surface area contributed by atoms with Crippen molar-refractivity contribution in [1.82, 2.24) is 4.90 Å². The molecule has 0 spiro atoms. The van der Waals surface area contributed by atoms with Gasteiger partial charge in [0.1, 0.15) is 11.6 Å². The number of fused-ring (bicyclic) bond motifs is 1. The first-order valence-corrected chi connectivity index (χ1v) is 8.15. The summed E-state index contributed by atoms with van der Waals surface area (Å²) in [4.78, 5) is 26.2. The van der Waals surface area contributed by atoms with Gasteiger partial charge in [-0.2, -0.15) is 0 Å². The van der Waals surface area contributed by atoms with Gasteiger partial charge in [0.15, 0.2) is 0 Å². The highest BCUT2D eigenvalue weighted by Crippen LogP contribution is 2.30. The van der Waals surface area contributed by atoms with Crippen molar-refractivity contribution in [1.29, 1.82) is 0 Å². The molecule has 1 saturated heterocycles. The molecule has 128 valence electrons. The molecule has 0 saturated carbocycles. The summed E-state index contributed by atoms with van der Waals surface area (Å²) < 4.78 is 15.7. The molecule has 1 aliphatic heterocycles. The summed E-state index contributed by atoms with van der Waals surface area (Å²) >= 11 is 0. The van der Waals surface area contributed by atoms with Crippen LogP contribution in [0.15, 0.2) is 28.7 Å². The molecule has 6 nitrogen and oxygen atoms in total. The lowest BCUT2D eigenvalue weighted by molar-refractivity contribution is -0.146. The van der Waals surface area contributed by atoms with Gasteiger partial charge in [0.05, 0.1) is 13.7 Å². The fourth-order valence-corrected chi connectivity index (χ4v) is 3.24. The Balaban J connectivity index is 1.96. The Bertz CT molecular complexity index is 751. The Morgan fingerprint density at radius 1 is 1.33 bits per heavy atom. The summed E-state index contributed by atoms with van der Waals surface area (Å²) in [6, 6.07) is 7.22. The molecule has 6 heteroatoms. The van der Waals surface area contributed by atoms with Gasteiger partial charge in [-0.25, -0.2) is 4.79 Å². The van der Waals surface area contributed by atoms with E-state index in [1.165, 1.54) is 7.11 Å². The van der Waals surface area contributed by atoms with Crippen molar-refractivity contribution in [3.05, 3.63) is 35.6 Å². The van der Waals surface area contributed by atoms with Crippen LogP contribution in [-0.2, 0) is 20.8 Å². The minimum absolute atomic E-state index is 0.216. The molecule has 0 radical (unpaired) electrons. The summed E-state index contributed by atoms with van der Waals surface area (Å²) in [5.74, 6) is -0.496. The molecule has 1 aromatic carbocycles. The summed E-state index contributed by atoms with van der Waals surface area (Å²) in [5.41, 5.74) is 1.41. The van der Waals surface area contributed by atoms with E-state index in [1.807, 2.05) is 29.2 Å².